The third-order valence-electron chi connectivity index (χ3n) is 4.23. The van der Waals surface area contributed by atoms with Crippen molar-refractivity contribution in [2.24, 2.45) is 0 Å². The molecule has 29 heavy (non-hydrogen) atoms. The number of allylic oxidation sites excluding steroid dienone is 1. The number of benzene rings is 3. The normalized spacial score (nSPS) is 12.0. The molecule has 0 saturated heterocycles. The molecule has 0 heterocycles. The molecular formula is C23H20NO4S. The molecule has 0 aliphatic rings. The summed E-state index contributed by atoms with van der Waals surface area (Å²) in [6, 6.07) is 24.7. The Bertz CT molecular complexity index is 1080. The number of sulfonamides is 1. The van der Waals surface area contributed by atoms with Gasteiger partial charge in [0, 0.05) is 5.69 Å². The van der Waals surface area contributed by atoms with Gasteiger partial charge in [0.1, 0.15) is 12.4 Å². The fourth-order valence-electron chi connectivity index (χ4n) is 2.76. The molecule has 3 aromatic carbocycles. The zero-order chi connectivity index (χ0) is 20.7. The standard InChI is InChI=1S/C23H20NO4S/c1-2-23(25)22(17-28-20-12-5-3-6-13-20)18-10-9-11-19(16-18)24-29(26,27)21-14-7-4-8-15-21/h2-5,7-16,22,24H,1,17H2. The summed E-state index contributed by atoms with van der Waals surface area (Å²) in [4.78, 5) is 12.6. The number of nitrogens with one attached hydrogen (secondary N) is 1. The summed E-state index contributed by atoms with van der Waals surface area (Å²) in [5, 5.41) is 0. The number of carbonyl (C=O) groups is 1. The average molecular weight is 406 g/mol. The molecule has 0 aliphatic carbocycles. The van der Waals surface area contributed by atoms with Crippen LogP contribution in [0.5, 0.6) is 5.75 Å². The second kappa shape index (κ2) is 9.21. The maximum absolute atomic E-state index is 12.6. The lowest BCUT2D eigenvalue weighted by Gasteiger charge is -2.17. The van der Waals surface area contributed by atoms with Crippen molar-refractivity contribution < 1.29 is 17.9 Å². The Morgan fingerprint density at radius 2 is 1.90 bits per heavy atom. The van der Waals surface area contributed by atoms with Gasteiger partial charge in [0.2, 0.25) is 0 Å². The van der Waals surface area contributed by atoms with Crippen molar-refractivity contribution in [3.05, 3.63) is 103 Å². The molecule has 0 bridgehead atoms. The largest absolute Gasteiger partial charge is 0.492 e. The highest BCUT2D eigenvalue weighted by Crippen LogP contribution is 2.24. The smallest absolute Gasteiger partial charge is 0.261 e. The predicted molar refractivity (Wildman–Crippen MR) is 112 cm³/mol. The summed E-state index contributed by atoms with van der Waals surface area (Å²) < 4.78 is 33.4. The Labute approximate surface area is 170 Å². The molecule has 0 fully saturated rings. The van der Waals surface area contributed by atoms with Crippen LogP contribution in [0.3, 0.4) is 0 Å². The van der Waals surface area contributed by atoms with Crippen LogP contribution >= 0.6 is 0 Å². The molecule has 147 valence electrons. The van der Waals surface area contributed by atoms with Gasteiger partial charge in [-0.3, -0.25) is 9.52 Å². The second-order valence-corrected chi connectivity index (χ2v) is 7.94. The second-order valence-electron chi connectivity index (χ2n) is 6.25. The van der Waals surface area contributed by atoms with Crippen LogP contribution in [0.25, 0.3) is 0 Å². The SMILES string of the molecule is C=CC(=O)C(COc1c[c]ccc1)c1cccc(NS(=O)(=O)c2ccccc2)c1. The van der Waals surface area contributed by atoms with Crippen LogP contribution in [0.15, 0.2) is 96.4 Å². The Hall–Kier alpha value is -3.38. The van der Waals surface area contributed by atoms with Crippen LogP contribution in [0.1, 0.15) is 11.5 Å². The van der Waals surface area contributed by atoms with Gasteiger partial charge in [0.25, 0.3) is 10.0 Å². The van der Waals surface area contributed by atoms with E-state index in [9.17, 15) is 13.2 Å². The number of hydrogen-bond donors (Lipinski definition) is 1. The predicted octanol–water partition coefficient (Wildman–Crippen LogP) is 4.21. The molecular weight excluding hydrogens is 386 g/mol. The minimum absolute atomic E-state index is 0.0948. The number of ketones is 1. The Morgan fingerprint density at radius 3 is 2.59 bits per heavy atom. The van der Waals surface area contributed by atoms with E-state index in [1.54, 1.807) is 66.7 Å². The molecule has 3 rings (SSSR count). The lowest BCUT2D eigenvalue weighted by molar-refractivity contribution is -0.116. The van der Waals surface area contributed by atoms with Gasteiger partial charge in [0.05, 0.1) is 10.8 Å². The van der Waals surface area contributed by atoms with Gasteiger partial charge in [-0.2, -0.15) is 0 Å². The van der Waals surface area contributed by atoms with Crippen LogP contribution in [-0.4, -0.2) is 20.8 Å². The molecule has 0 aliphatic heterocycles. The average Bonchev–Trinajstić information content (AvgIpc) is 2.75. The van der Waals surface area contributed by atoms with Crippen LogP contribution in [0.2, 0.25) is 0 Å². The zero-order valence-corrected chi connectivity index (χ0v) is 16.4. The summed E-state index contributed by atoms with van der Waals surface area (Å²) in [5.41, 5.74) is 0.990. The van der Waals surface area contributed by atoms with E-state index in [1.165, 1.54) is 18.2 Å². The Kier molecular flexibility index (Phi) is 6.46. The highest BCUT2D eigenvalue weighted by Gasteiger charge is 2.21. The first-order valence-electron chi connectivity index (χ1n) is 8.92. The minimum Gasteiger partial charge on any atom is -0.492 e. The van der Waals surface area contributed by atoms with E-state index in [1.807, 2.05) is 0 Å². The molecule has 6 heteroatoms. The Morgan fingerprint density at radius 1 is 1.10 bits per heavy atom. The van der Waals surface area contributed by atoms with Crippen LogP contribution < -0.4 is 9.46 Å². The van der Waals surface area contributed by atoms with E-state index in [0.29, 0.717) is 17.0 Å². The fourth-order valence-corrected chi connectivity index (χ4v) is 3.83. The topological polar surface area (TPSA) is 72.5 Å². The molecule has 3 aromatic rings. The van der Waals surface area contributed by atoms with E-state index < -0.39 is 15.9 Å². The first-order chi connectivity index (χ1) is 14.0. The van der Waals surface area contributed by atoms with Gasteiger partial charge < -0.3 is 4.74 Å². The Balaban J connectivity index is 1.82. The van der Waals surface area contributed by atoms with Crippen molar-refractivity contribution in [2.75, 3.05) is 11.3 Å². The number of carbonyl (C=O) groups excluding carboxylic acids is 1. The maximum atomic E-state index is 12.6. The lowest BCUT2D eigenvalue weighted by atomic mass is 9.95. The summed E-state index contributed by atoms with van der Waals surface area (Å²) in [7, 11) is -3.73. The quantitative estimate of drug-likeness (QED) is 0.541. The molecule has 5 nitrogen and oxygen atoms in total. The van der Waals surface area contributed by atoms with Crippen molar-refractivity contribution in [3.8, 4) is 5.75 Å². The van der Waals surface area contributed by atoms with E-state index in [0.717, 1.165) is 0 Å². The van der Waals surface area contributed by atoms with Crippen LogP contribution in [0, 0.1) is 6.07 Å². The van der Waals surface area contributed by atoms with Gasteiger partial charge in [0.15, 0.2) is 5.78 Å². The third kappa shape index (κ3) is 5.33. The molecule has 1 atom stereocenters. The van der Waals surface area contributed by atoms with Crippen molar-refractivity contribution in [1.82, 2.24) is 0 Å². The molecule has 1 unspecified atom stereocenters. The first kappa shape index (κ1) is 20.4. The minimum atomic E-state index is -3.73. The zero-order valence-electron chi connectivity index (χ0n) is 15.6. The highest BCUT2D eigenvalue weighted by molar-refractivity contribution is 7.92. The molecule has 0 amide bonds. The van der Waals surface area contributed by atoms with Gasteiger partial charge in [-0.1, -0.05) is 49.0 Å². The van der Waals surface area contributed by atoms with Gasteiger partial charge >= 0.3 is 0 Å². The molecule has 0 saturated carbocycles. The molecule has 1 radical (unpaired) electrons. The first-order valence-corrected chi connectivity index (χ1v) is 10.4. The van der Waals surface area contributed by atoms with E-state index in [-0.39, 0.29) is 17.3 Å². The molecule has 1 N–H and O–H groups in total. The van der Waals surface area contributed by atoms with Gasteiger partial charge in [-0.15, -0.1) is 0 Å². The number of rotatable bonds is 9. The summed E-state index contributed by atoms with van der Waals surface area (Å²) in [6.45, 7) is 3.66. The summed E-state index contributed by atoms with van der Waals surface area (Å²) in [6.07, 6.45) is 1.24. The van der Waals surface area contributed by atoms with Crippen LogP contribution in [0.4, 0.5) is 5.69 Å². The molecule has 0 spiro atoms. The summed E-state index contributed by atoms with van der Waals surface area (Å²) >= 11 is 0. The van der Waals surface area contributed by atoms with E-state index >= 15 is 0 Å². The maximum Gasteiger partial charge on any atom is 0.261 e. The van der Waals surface area contributed by atoms with Crippen molar-refractivity contribution >= 4 is 21.5 Å². The van der Waals surface area contributed by atoms with Gasteiger partial charge in [-0.25, -0.2) is 8.42 Å². The molecule has 0 aromatic heterocycles. The van der Waals surface area contributed by atoms with Crippen molar-refractivity contribution in [3.63, 3.8) is 0 Å². The lowest BCUT2D eigenvalue weighted by Crippen LogP contribution is -2.19. The van der Waals surface area contributed by atoms with Crippen molar-refractivity contribution in [1.29, 1.82) is 0 Å². The van der Waals surface area contributed by atoms with E-state index in [2.05, 4.69) is 17.4 Å². The highest BCUT2D eigenvalue weighted by atomic mass is 32.2. The third-order valence-corrected chi connectivity index (χ3v) is 5.63. The number of hydrogen-bond acceptors (Lipinski definition) is 4. The summed E-state index contributed by atoms with van der Waals surface area (Å²) in [5.74, 6) is -0.239. The van der Waals surface area contributed by atoms with E-state index in [4.69, 9.17) is 4.74 Å². The number of ether oxygens (including phenoxy) is 1. The number of anilines is 1. The van der Waals surface area contributed by atoms with Crippen LogP contribution in [-0.2, 0) is 14.8 Å². The fraction of sp³-hybridized carbons (Fsp3) is 0.0870. The monoisotopic (exact) mass is 406 g/mol. The van der Waals surface area contributed by atoms with Gasteiger partial charge in [-0.05, 0) is 54.1 Å². The van der Waals surface area contributed by atoms with Crippen molar-refractivity contribution in [2.45, 2.75) is 10.8 Å².